The molecule has 0 radical (unpaired) electrons. The Morgan fingerprint density at radius 3 is 2.05 bits per heavy atom. The highest BCUT2D eigenvalue weighted by molar-refractivity contribution is 7.90. The standard InChI is InChI=1S/C11H22N2O5S/c1-5-11(6-2,9(14)15)13-10(16)12-8(3)7-19(4,17)18/h8H,5-7H2,1-4H3,(H,14,15)(H2,12,13,16). The van der Waals surface area contributed by atoms with E-state index in [2.05, 4.69) is 10.6 Å². The average molecular weight is 294 g/mol. The Morgan fingerprint density at radius 2 is 1.74 bits per heavy atom. The van der Waals surface area contributed by atoms with Gasteiger partial charge in [-0.3, -0.25) is 0 Å². The van der Waals surface area contributed by atoms with Crippen LogP contribution in [0.25, 0.3) is 0 Å². The second-order valence-corrected chi connectivity index (χ2v) is 6.87. The molecule has 0 fully saturated rings. The maximum atomic E-state index is 11.7. The van der Waals surface area contributed by atoms with Crippen molar-refractivity contribution in [1.29, 1.82) is 0 Å². The molecule has 0 heterocycles. The van der Waals surface area contributed by atoms with Crippen LogP contribution >= 0.6 is 0 Å². The van der Waals surface area contributed by atoms with Gasteiger partial charge in [-0.1, -0.05) is 13.8 Å². The number of carboxylic acid groups (broad SMARTS) is 1. The lowest BCUT2D eigenvalue weighted by atomic mass is 9.93. The van der Waals surface area contributed by atoms with Gasteiger partial charge in [0.15, 0.2) is 0 Å². The monoisotopic (exact) mass is 294 g/mol. The van der Waals surface area contributed by atoms with E-state index >= 15 is 0 Å². The Hall–Kier alpha value is -1.31. The zero-order valence-electron chi connectivity index (χ0n) is 11.7. The van der Waals surface area contributed by atoms with Crippen molar-refractivity contribution in [1.82, 2.24) is 10.6 Å². The fraction of sp³-hybridized carbons (Fsp3) is 0.818. The predicted octanol–water partition coefficient (Wildman–Crippen LogP) is 0.362. The zero-order valence-corrected chi connectivity index (χ0v) is 12.5. The molecule has 0 bridgehead atoms. The summed E-state index contributed by atoms with van der Waals surface area (Å²) in [4.78, 5) is 22.9. The number of rotatable bonds is 7. The van der Waals surface area contributed by atoms with Crippen LogP contribution in [0.2, 0.25) is 0 Å². The molecule has 0 spiro atoms. The molecule has 8 heteroatoms. The number of sulfone groups is 1. The van der Waals surface area contributed by atoms with Gasteiger partial charge >= 0.3 is 12.0 Å². The van der Waals surface area contributed by atoms with Gasteiger partial charge < -0.3 is 15.7 Å². The number of hydrogen-bond acceptors (Lipinski definition) is 4. The largest absolute Gasteiger partial charge is 0.480 e. The molecule has 0 aromatic rings. The molecule has 0 aliphatic heterocycles. The van der Waals surface area contributed by atoms with Gasteiger partial charge in [0.05, 0.1) is 5.75 Å². The lowest BCUT2D eigenvalue weighted by Crippen LogP contribution is -2.58. The summed E-state index contributed by atoms with van der Waals surface area (Å²) in [6.07, 6.45) is 1.56. The topological polar surface area (TPSA) is 113 Å². The molecule has 0 rings (SSSR count). The third-order valence-corrected chi connectivity index (χ3v) is 4.01. The summed E-state index contributed by atoms with van der Waals surface area (Å²) in [5.41, 5.74) is -1.32. The van der Waals surface area contributed by atoms with Crippen molar-refractivity contribution < 1.29 is 23.1 Å². The summed E-state index contributed by atoms with van der Waals surface area (Å²) >= 11 is 0. The molecule has 0 aromatic heterocycles. The van der Waals surface area contributed by atoms with Gasteiger partial charge in [0.25, 0.3) is 0 Å². The molecule has 0 saturated carbocycles. The highest BCUT2D eigenvalue weighted by Crippen LogP contribution is 2.15. The number of nitrogens with one attached hydrogen (secondary N) is 2. The third-order valence-electron chi connectivity index (χ3n) is 2.90. The Bertz CT molecular complexity index is 428. The van der Waals surface area contributed by atoms with Gasteiger partial charge in [-0.2, -0.15) is 0 Å². The van der Waals surface area contributed by atoms with E-state index in [9.17, 15) is 18.0 Å². The summed E-state index contributed by atoms with van der Waals surface area (Å²) in [7, 11) is -3.20. The van der Waals surface area contributed by atoms with E-state index in [1.165, 1.54) is 0 Å². The van der Waals surface area contributed by atoms with Crippen LogP contribution in [0.4, 0.5) is 4.79 Å². The molecule has 2 amide bonds. The van der Waals surface area contributed by atoms with Crippen LogP contribution < -0.4 is 10.6 Å². The third kappa shape index (κ3) is 5.91. The minimum atomic E-state index is -3.20. The first-order chi connectivity index (χ1) is 8.56. The summed E-state index contributed by atoms with van der Waals surface area (Å²) in [6.45, 7) is 4.87. The Balaban J connectivity index is 4.64. The van der Waals surface area contributed by atoms with Crippen molar-refractivity contribution in [2.24, 2.45) is 0 Å². The average Bonchev–Trinajstić information content (AvgIpc) is 2.22. The molecule has 1 atom stereocenters. The summed E-state index contributed by atoms with van der Waals surface area (Å²) in [6, 6.07) is -1.27. The van der Waals surface area contributed by atoms with Crippen LogP contribution in [0.3, 0.4) is 0 Å². The molecule has 0 aliphatic rings. The van der Waals surface area contributed by atoms with Crippen LogP contribution in [0, 0.1) is 0 Å². The molecule has 0 aliphatic carbocycles. The van der Waals surface area contributed by atoms with E-state index in [1.807, 2.05) is 0 Å². The second kappa shape index (κ2) is 6.74. The molecule has 0 aromatic carbocycles. The number of carbonyl (C=O) groups excluding carboxylic acids is 1. The van der Waals surface area contributed by atoms with Gasteiger partial charge in [-0.25, -0.2) is 18.0 Å². The number of carboxylic acids is 1. The van der Waals surface area contributed by atoms with Crippen molar-refractivity contribution in [3.8, 4) is 0 Å². The molecular formula is C11H22N2O5S. The maximum absolute atomic E-state index is 11.7. The Kier molecular flexibility index (Phi) is 6.28. The highest BCUT2D eigenvalue weighted by Gasteiger charge is 2.36. The maximum Gasteiger partial charge on any atom is 0.329 e. The Morgan fingerprint density at radius 1 is 1.26 bits per heavy atom. The fourth-order valence-electron chi connectivity index (χ4n) is 1.76. The van der Waals surface area contributed by atoms with Gasteiger partial charge in [0, 0.05) is 12.3 Å². The Labute approximate surface area is 113 Å². The number of urea groups is 1. The minimum Gasteiger partial charge on any atom is -0.480 e. The first kappa shape index (κ1) is 17.7. The molecule has 7 nitrogen and oxygen atoms in total. The summed E-state index contributed by atoms with van der Waals surface area (Å²) < 4.78 is 22.1. The number of aliphatic carboxylic acids is 1. The van der Waals surface area contributed by atoms with Gasteiger partial charge in [0.2, 0.25) is 0 Å². The molecule has 1 unspecified atom stereocenters. The van der Waals surface area contributed by atoms with Crippen molar-refractivity contribution in [2.75, 3.05) is 12.0 Å². The second-order valence-electron chi connectivity index (χ2n) is 4.69. The van der Waals surface area contributed by atoms with Crippen LogP contribution in [-0.4, -0.2) is 49.1 Å². The van der Waals surface area contributed by atoms with E-state index in [1.54, 1.807) is 20.8 Å². The van der Waals surface area contributed by atoms with Crippen molar-refractivity contribution in [3.05, 3.63) is 0 Å². The van der Waals surface area contributed by atoms with Crippen molar-refractivity contribution in [2.45, 2.75) is 45.2 Å². The van der Waals surface area contributed by atoms with E-state index in [-0.39, 0.29) is 18.6 Å². The van der Waals surface area contributed by atoms with Crippen LogP contribution in [0.5, 0.6) is 0 Å². The lowest BCUT2D eigenvalue weighted by molar-refractivity contribution is -0.144. The highest BCUT2D eigenvalue weighted by atomic mass is 32.2. The molecule has 3 N–H and O–H groups in total. The summed E-state index contributed by atoms with van der Waals surface area (Å²) in [5.74, 6) is -1.30. The fourth-order valence-corrected chi connectivity index (χ4v) is 2.75. The van der Waals surface area contributed by atoms with Gasteiger partial charge in [0.1, 0.15) is 15.4 Å². The summed E-state index contributed by atoms with van der Waals surface area (Å²) in [5, 5.41) is 14.0. The number of amides is 2. The smallest absolute Gasteiger partial charge is 0.329 e. The first-order valence-corrected chi connectivity index (χ1v) is 8.12. The predicted molar refractivity (Wildman–Crippen MR) is 71.8 cm³/mol. The van der Waals surface area contributed by atoms with Crippen LogP contribution in [0.15, 0.2) is 0 Å². The van der Waals surface area contributed by atoms with Gasteiger partial charge in [-0.15, -0.1) is 0 Å². The molecule has 112 valence electrons. The van der Waals surface area contributed by atoms with E-state index in [0.29, 0.717) is 0 Å². The van der Waals surface area contributed by atoms with Crippen LogP contribution in [0.1, 0.15) is 33.6 Å². The minimum absolute atomic E-state index is 0.196. The SMILES string of the molecule is CCC(CC)(NC(=O)NC(C)CS(C)(=O)=O)C(=O)O. The molecular weight excluding hydrogens is 272 g/mol. The molecule has 19 heavy (non-hydrogen) atoms. The number of carbonyl (C=O) groups is 2. The van der Waals surface area contributed by atoms with Gasteiger partial charge in [-0.05, 0) is 19.8 Å². The normalized spacial score (nSPS) is 13.7. The van der Waals surface area contributed by atoms with E-state index < -0.39 is 33.4 Å². The van der Waals surface area contributed by atoms with E-state index in [4.69, 9.17) is 5.11 Å². The van der Waals surface area contributed by atoms with E-state index in [0.717, 1.165) is 6.26 Å². The number of hydrogen-bond donors (Lipinski definition) is 3. The van der Waals surface area contributed by atoms with Crippen molar-refractivity contribution >= 4 is 21.8 Å². The molecule has 0 saturated heterocycles. The van der Waals surface area contributed by atoms with Crippen LogP contribution in [-0.2, 0) is 14.6 Å². The van der Waals surface area contributed by atoms with Crippen molar-refractivity contribution in [3.63, 3.8) is 0 Å². The lowest BCUT2D eigenvalue weighted by Gasteiger charge is -2.28. The zero-order chi connectivity index (χ0) is 15.3. The quantitative estimate of drug-likeness (QED) is 0.627. The first-order valence-electron chi connectivity index (χ1n) is 6.06.